The van der Waals surface area contributed by atoms with Crippen LogP contribution in [-0.4, -0.2) is 37.0 Å². The summed E-state index contributed by atoms with van der Waals surface area (Å²) in [7, 11) is 3.75. The van der Waals surface area contributed by atoms with Crippen LogP contribution >= 0.6 is 15.9 Å². The molecule has 1 heterocycles. The fraction of sp³-hybridized carbons (Fsp3) is 0.500. The van der Waals surface area contributed by atoms with Gasteiger partial charge in [-0.1, -0.05) is 0 Å². The largest absolute Gasteiger partial charge is 0.486 e. The first-order valence-corrected chi connectivity index (χ1v) is 5.49. The first-order chi connectivity index (χ1) is 7.49. The van der Waals surface area contributed by atoms with E-state index in [1.54, 1.807) is 12.1 Å². The molecular weight excluding hydrogens is 282 g/mol. The third kappa shape index (κ3) is 4.40. The van der Waals surface area contributed by atoms with Crippen LogP contribution in [0.4, 0.5) is 8.78 Å². The van der Waals surface area contributed by atoms with Gasteiger partial charge in [0, 0.05) is 6.54 Å². The zero-order valence-electron chi connectivity index (χ0n) is 9.08. The van der Waals surface area contributed by atoms with Crippen molar-refractivity contribution < 1.29 is 13.5 Å². The number of alkyl halides is 2. The standard InChI is InChI=1S/C10H13BrF2N2O/c1-15(2)5-7-8(16-6-10(12)13)3-4-9(11)14-7/h3-4,10H,5-6H2,1-2H3. The van der Waals surface area contributed by atoms with Gasteiger partial charge in [0.1, 0.15) is 17.0 Å². The van der Waals surface area contributed by atoms with Crippen LogP contribution in [0.15, 0.2) is 16.7 Å². The van der Waals surface area contributed by atoms with Gasteiger partial charge < -0.3 is 9.64 Å². The summed E-state index contributed by atoms with van der Waals surface area (Å²) in [5.41, 5.74) is 0.639. The minimum Gasteiger partial charge on any atom is -0.486 e. The molecule has 1 rings (SSSR count). The molecule has 0 atom stereocenters. The van der Waals surface area contributed by atoms with Gasteiger partial charge >= 0.3 is 0 Å². The smallest absolute Gasteiger partial charge is 0.272 e. The van der Waals surface area contributed by atoms with Crippen LogP contribution in [0.3, 0.4) is 0 Å². The van der Waals surface area contributed by atoms with Crippen LogP contribution in [-0.2, 0) is 6.54 Å². The fourth-order valence-electron chi connectivity index (χ4n) is 1.16. The van der Waals surface area contributed by atoms with Crippen molar-refractivity contribution in [1.82, 2.24) is 9.88 Å². The van der Waals surface area contributed by atoms with Crippen LogP contribution in [0.25, 0.3) is 0 Å². The molecule has 1 aromatic heterocycles. The number of ether oxygens (including phenoxy) is 1. The van der Waals surface area contributed by atoms with Gasteiger partial charge in [0.2, 0.25) is 0 Å². The number of pyridine rings is 1. The third-order valence-corrected chi connectivity index (χ3v) is 2.17. The average molecular weight is 295 g/mol. The third-order valence-electron chi connectivity index (χ3n) is 1.73. The summed E-state index contributed by atoms with van der Waals surface area (Å²) < 4.78 is 29.7. The van der Waals surface area contributed by atoms with E-state index in [1.165, 1.54) is 0 Å². The molecule has 0 bridgehead atoms. The van der Waals surface area contributed by atoms with Crippen LogP contribution < -0.4 is 4.74 Å². The highest BCUT2D eigenvalue weighted by Crippen LogP contribution is 2.21. The second kappa shape index (κ2) is 6.10. The Kier molecular flexibility index (Phi) is 5.08. The first kappa shape index (κ1) is 13.3. The second-order valence-corrected chi connectivity index (χ2v) is 4.33. The number of halogens is 3. The predicted molar refractivity (Wildman–Crippen MR) is 60.8 cm³/mol. The number of rotatable bonds is 5. The molecule has 6 heteroatoms. The van der Waals surface area contributed by atoms with E-state index >= 15 is 0 Å². The Morgan fingerprint density at radius 1 is 1.44 bits per heavy atom. The SMILES string of the molecule is CN(C)Cc1nc(Br)ccc1OCC(F)F. The van der Waals surface area contributed by atoms with Gasteiger partial charge in [0.05, 0.1) is 5.69 Å². The minimum absolute atomic E-state index is 0.400. The molecule has 3 nitrogen and oxygen atoms in total. The van der Waals surface area contributed by atoms with Gasteiger partial charge in [-0.05, 0) is 42.2 Å². The van der Waals surface area contributed by atoms with Crippen LogP contribution in [0.5, 0.6) is 5.75 Å². The molecule has 0 aliphatic heterocycles. The van der Waals surface area contributed by atoms with E-state index in [0.29, 0.717) is 22.6 Å². The minimum atomic E-state index is -2.48. The summed E-state index contributed by atoms with van der Waals surface area (Å²) >= 11 is 3.23. The molecule has 0 radical (unpaired) electrons. The zero-order chi connectivity index (χ0) is 12.1. The molecule has 0 N–H and O–H groups in total. The first-order valence-electron chi connectivity index (χ1n) is 4.70. The normalized spacial score (nSPS) is 11.2. The van der Waals surface area contributed by atoms with E-state index in [4.69, 9.17) is 4.74 Å². The lowest BCUT2D eigenvalue weighted by Crippen LogP contribution is -2.15. The van der Waals surface area contributed by atoms with Gasteiger partial charge in [0.15, 0.2) is 0 Å². The predicted octanol–water partition coefficient (Wildman–Crippen LogP) is 2.55. The van der Waals surface area contributed by atoms with Gasteiger partial charge in [-0.25, -0.2) is 13.8 Å². The maximum absolute atomic E-state index is 12.0. The Labute approximate surface area is 102 Å². The maximum Gasteiger partial charge on any atom is 0.272 e. The highest BCUT2D eigenvalue weighted by atomic mass is 79.9. The Hall–Kier alpha value is -0.750. The van der Waals surface area contributed by atoms with Crippen molar-refractivity contribution >= 4 is 15.9 Å². The van der Waals surface area contributed by atoms with Gasteiger partial charge in [-0.15, -0.1) is 0 Å². The highest BCUT2D eigenvalue weighted by molar-refractivity contribution is 9.10. The van der Waals surface area contributed by atoms with Gasteiger partial charge in [-0.3, -0.25) is 0 Å². The number of aromatic nitrogens is 1. The summed E-state index contributed by atoms with van der Waals surface area (Å²) in [6.07, 6.45) is -2.48. The topological polar surface area (TPSA) is 25.4 Å². The van der Waals surface area contributed by atoms with Crippen molar-refractivity contribution in [1.29, 1.82) is 0 Å². The van der Waals surface area contributed by atoms with Crippen molar-refractivity contribution in [2.24, 2.45) is 0 Å². The summed E-state index contributed by atoms with van der Waals surface area (Å²) in [5, 5.41) is 0. The number of hydrogen-bond donors (Lipinski definition) is 0. The van der Waals surface area contributed by atoms with E-state index in [1.807, 2.05) is 19.0 Å². The van der Waals surface area contributed by atoms with E-state index in [9.17, 15) is 8.78 Å². The summed E-state index contributed by atoms with van der Waals surface area (Å²) in [6, 6.07) is 3.30. The fourth-order valence-corrected chi connectivity index (χ4v) is 1.51. The lowest BCUT2D eigenvalue weighted by molar-refractivity contribution is 0.0808. The van der Waals surface area contributed by atoms with Crippen LogP contribution in [0, 0.1) is 0 Å². The van der Waals surface area contributed by atoms with Crippen molar-refractivity contribution in [3.8, 4) is 5.75 Å². The Morgan fingerprint density at radius 3 is 2.69 bits per heavy atom. The average Bonchev–Trinajstić information content (AvgIpc) is 2.15. The van der Waals surface area contributed by atoms with Crippen molar-refractivity contribution in [3.63, 3.8) is 0 Å². The molecule has 0 spiro atoms. The molecule has 0 aromatic carbocycles. The van der Waals surface area contributed by atoms with E-state index in [-0.39, 0.29) is 0 Å². The molecule has 0 saturated carbocycles. The van der Waals surface area contributed by atoms with Crippen molar-refractivity contribution in [2.75, 3.05) is 20.7 Å². The molecule has 1 aromatic rings. The van der Waals surface area contributed by atoms with Crippen molar-refractivity contribution in [2.45, 2.75) is 13.0 Å². The molecule has 90 valence electrons. The molecule has 0 amide bonds. The van der Waals surface area contributed by atoms with Crippen LogP contribution in [0.2, 0.25) is 0 Å². The summed E-state index contributed by atoms with van der Waals surface area (Å²) in [5.74, 6) is 0.400. The van der Waals surface area contributed by atoms with Gasteiger partial charge in [0.25, 0.3) is 6.43 Å². The highest BCUT2D eigenvalue weighted by Gasteiger charge is 2.10. The summed E-state index contributed by atoms with van der Waals surface area (Å²) in [4.78, 5) is 6.09. The van der Waals surface area contributed by atoms with E-state index < -0.39 is 13.0 Å². The van der Waals surface area contributed by atoms with Crippen LogP contribution in [0.1, 0.15) is 5.69 Å². The lowest BCUT2D eigenvalue weighted by atomic mass is 10.3. The zero-order valence-corrected chi connectivity index (χ0v) is 10.7. The lowest BCUT2D eigenvalue weighted by Gasteiger charge is -2.14. The Bertz CT molecular complexity index is 348. The molecule has 0 saturated heterocycles. The quantitative estimate of drug-likeness (QED) is 0.781. The molecule has 16 heavy (non-hydrogen) atoms. The van der Waals surface area contributed by atoms with E-state index in [2.05, 4.69) is 20.9 Å². The Morgan fingerprint density at radius 2 is 2.12 bits per heavy atom. The number of hydrogen-bond acceptors (Lipinski definition) is 3. The molecular formula is C10H13BrF2N2O. The van der Waals surface area contributed by atoms with Gasteiger partial charge in [-0.2, -0.15) is 0 Å². The molecule has 0 aliphatic rings. The second-order valence-electron chi connectivity index (χ2n) is 3.52. The van der Waals surface area contributed by atoms with Crippen molar-refractivity contribution in [3.05, 3.63) is 22.4 Å². The molecule has 0 aliphatic carbocycles. The maximum atomic E-state index is 12.0. The Balaban J connectivity index is 2.80. The number of nitrogens with zero attached hydrogens (tertiary/aromatic N) is 2. The molecule has 0 unspecified atom stereocenters. The van der Waals surface area contributed by atoms with E-state index in [0.717, 1.165) is 0 Å². The molecule has 0 fully saturated rings. The summed E-state index contributed by atoms with van der Waals surface area (Å²) in [6.45, 7) is -0.0677. The monoisotopic (exact) mass is 294 g/mol.